The van der Waals surface area contributed by atoms with Crippen molar-refractivity contribution in [2.75, 3.05) is 0 Å². The number of hydrogen-bond donors (Lipinski definition) is 1. The summed E-state index contributed by atoms with van der Waals surface area (Å²) in [5.74, 6) is 0. The summed E-state index contributed by atoms with van der Waals surface area (Å²) in [6.45, 7) is 2.18. The van der Waals surface area contributed by atoms with E-state index in [0.29, 0.717) is 0 Å². The SMILES string of the molecule is CCCCCCC/C=C/C=C/OS(=O)(=O)O. The van der Waals surface area contributed by atoms with Gasteiger partial charge < -0.3 is 4.18 Å². The van der Waals surface area contributed by atoms with Gasteiger partial charge in [-0.2, -0.15) is 8.42 Å². The van der Waals surface area contributed by atoms with Crippen LogP contribution in [0.4, 0.5) is 0 Å². The molecule has 1 N–H and O–H groups in total. The fourth-order valence-corrected chi connectivity index (χ4v) is 1.39. The second-order valence-electron chi connectivity index (χ2n) is 3.48. The minimum Gasteiger partial charge on any atom is -0.370 e. The second-order valence-corrected chi connectivity index (χ2v) is 4.53. The highest BCUT2D eigenvalue weighted by Gasteiger charge is 1.97. The molecule has 0 aromatic rings. The molecule has 0 saturated carbocycles. The summed E-state index contributed by atoms with van der Waals surface area (Å²) in [5, 5.41) is 0. The van der Waals surface area contributed by atoms with E-state index in [1.807, 2.05) is 6.08 Å². The van der Waals surface area contributed by atoms with E-state index < -0.39 is 10.4 Å². The van der Waals surface area contributed by atoms with Crippen LogP contribution in [0.25, 0.3) is 0 Å². The zero-order chi connectivity index (χ0) is 12.3. The maximum atomic E-state index is 10.1. The van der Waals surface area contributed by atoms with Crippen LogP contribution in [0, 0.1) is 0 Å². The Balaban J connectivity index is 3.41. The highest BCUT2D eigenvalue weighted by atomic mass is 32.3. The molecule has 0 fully saturated rings. The largest absolute Gasteiger partial charge is 0.445 e. The second kappa shape index (κ2) is 9.42. The summed E-state index contributed by atoms with van der Waals surface area (Å²) in [6, 6.07) is 0. The van der Waals surface area contributed by atoms with Gasteiger partial charge in [0.25, 0.3) is 0 Å². The Morgan fingerprint density at radius 2 is 1.81 bits per heavy atom. The van der Waals surface area contributed by atoms with Gasteiger partial charge in [0, 0.05) is 0 Å². The summed E-state index contributed by atoms with van der Waals surface area (Å²) in [6.07, 6.45) is 13.1. The van der Waals surface area contributed by atoms with Gasteiger partial charge in [0.1, 0.15) is 6.26 Å². The molecule has 0 bridgehead atoms. The average molecular weight is 248 g/mol. The number of allylic oxidation sites excluding steroid dienone is 3. The lowest BCUT2D eigenvalue weighted by atomic mass is 10.1. The normalized spacial score (nSPS) is 12.6. The topological polar surface area (TPSA) is 63.6 Å². The standard InChI is InChI=1S/C11H20O4S/c1-2-3-4-5-6-7-8-9-10-11-15-16(12,13)14/h8-11H,2-7H2,1H3,(H,12,13,14)/b9-8+,11-10+. The van der Waals surface area contributed by atoms with Gasteiger partial charge >= 0.3 is 10.4 Å². The van der Waals surface area contributed by atoms with Gasteiger partial charge in [-0.25, -0.2) is 0 Å². The minimum absolute atomic E-state index is 0.933. The van der Waals surface area contributed by atoms with Gasteiger partial charge in [-0.1, -0.05) is 44.8 Å². The first-order chi connectivity index (χ1) is 7.56. The van der Waals surface area contributed by atoms with Crippen LogP contribution in [-0.2, 0) is 14.6 Å². The van der Waals surface area contributed by atoms with E-state index in [2.05, 4.69) is 11.1 Å². The Kier molecular flexibility index (Phi) is 8.94. The summed E-state index contributed by atoms with van der Waals surface area (Å²) < 4.78 is 32.5. The molecule has 0 rings (SSSR count). The predicted molar refractivity (Wildman–Crippen MR) is 64.3 cm³/mol. The molecule has 0 saturated heterocycles. The van der Waals surface area contributed by atoms with E-state index in [-0.39, 0.29) is 0 Å². The van der Waals surface area contributed by atoms with E-state index in [1.54, 1.807) is 6.08 Å². The molecule has 0 aliphatic rings. The van der Waals surface area contributed by atoms with Crippen LogP contribution in [0.15, 0.2) is 24.5 Å². The Bertz CT molecular complexity index is 304. The van der Waals surface area contributed by atoms with Crippen molar-refractivity contribution < 1.29 is 17.2 Å². The van der Waals surface area contributed by atoms with Crippen LogP contribution < -0.4 is 0 Å². The van der Waals surface area contributed by atoms with Crippen molar-refractivity contribution in [3.63, 3.8) is 0 Å². The van der Waals surface area contributed by atoms with Crippen LogP contribution in [-0.4, -0.2) is 13.0 Å². The van der Waals surface area contributed by atoms with Crippen LogP contribution in [0.2, 0.25) is 0 Å². The Labute approximate surface area is 98.0 Å². The van der Waals surface area contributed by atoms with Crippen molar-refractivity contribution in [1.29, 1.82) is 0 Å². The smallest absolute Gasteiger partial charge is 0.370 e. The van der Waals surface area contributed by atoms with Crippen molar-refractivity contribution in [2.24, 2.45) is 0 Å². The van der Waals surface area contributed by atoms with E-state index >= 15 is 0 Å². The zero-order valence-electron chi connectivity index (χ0n) is 9.63. The molecule has 0 radical (unpaired) electrons. The van der Waals surface area contributed by atoms with Gasteiger partial charge in [-0.15, -0.1) is 0 Å². The van der Waals surface area contributed by atoms with Crippen molar-refractivity contribution >= 4 is 10.4 Å². The first-order valence-electron chi connectivity index (χ1n) is 5.53. The fraction of sp³-hybridized carbons (Fsp3) is 0.636. The monoisotopic (exact) mass is 248 g/mol. The van der Waals surface area contributed by atoms with Crippen molar-refractivity contribution in [3.8, 4) is 0 Å². The third-order valence-corrected chi connectivity index (χ3v) is 2.33. The maximum absolute atomic E-state index is 10.1. The van der Waals surface area contributed by atoms with E-state index in [4.69, 9.17) is 4.55 Å². The lowest BCUT2D eigenvalue weighted by molar-refractivity contribution is 0.356. The van der Waals surface area contributed by atoms with Gasteiger partial charge in [0.2, 0.25) is 0 Å². The van der Waals surface area contributed by atoms with Crippen molar-refractivity contribution in [2.45, 2.75) is 45.4 Å². The molecule has 0 spiro atoms. The molecule has 94 valence electrons. The summed E-state index contributed by atoms with van der Waals surface area (Å²) in [7, 11) is -4.35. The fourth-order valence-electron chi connectivity index (χ4n) is 1.19. The molecule has 0 aromatic carbocycles. The lowest BCUT2D eigenvalue weighted by Crippen LogP contribution is -1.96. The first kappa shape index (κ1) is 15.2. The Morgan fingerprint density at radius 1 is 1.12 bits per heavy atom. The van der Waals surface area contributed by atoms with Gasteiger partial charge in [0.15, 0.2) is 0 Å². The molecule has 0 aromatic heterocycles. The van der Waals surface area contributed by atoms with Crippen LogP contribution in [0.1, 0.15) is 45.4 Å². The molecule has 0 atom stereocenters. The zero-order valence-corrected chi connectivity index (χ0v) is 10.4. The van der Waals surface area contributed by atoms with E-state index in [1.165, 1.54) is 31.8 Å². The highest BCUT2D eigenvalue weighted by Crippen LogP contribution is 2.05. The molecular weight excluding hydrogens is 228 g/mol. The molecular formula is C11H20O4S. The Morgan fingerprint density at radius 3 is 2.44 bits per heavy atom. The molecule has 0 heterocycles. The minimum atomic E-state index is -4.35. The predicted octanol–water partition coefficient (Wildman–Crippen LogP) is 3.24. The Hall–Kier alpha value is -0.810. The van der Waals surface area contributed by atoms with E-state index in [9.17, 15) is 8.42 Å². The average Bonchev–Trinajstić information content (AvgIpc) is 2.19. The van der Waals surface area contributed by atoms with Crippen LogP contribution in [0.3, 0.4) is 0 Å². The van der Waals surface area contributed by atoms with Gasteiger partial charge in [-0.3, -0.25) is 4.55 Å². The summed E-state index contributed by atoms with van der Waals surface area (Å²) >= 11 is 0. The molecule has 0 unspecified atom stereocenters. The van der Waals surface area contributed by atoms with Crippen LogP contribution in [0.5, 0.6) is 0 Å². The lowest BCUT2D eigenvalue weighted by Gasteiger charge is -1.95. The summed E-state index contributed by atoms with van der Waals surface area (Å²) in [5.41, 5.74) is 0. The molecule has 16 heavy (non-hydrogen) atoms. The third-order valence-electron chi connectivity index (χ3n) is 1.98. The first-order valence-corrected chi connectivity index (χ1v) is 6.90. The maximum Gasteiger partial charge on any atom is 0.445 e. The molecule has 4 nitrogen and oxygen atoms in total. The molecule has 0 aliphatic carbocycles. The van der Waals surface area contributed by atoms with Crippen molar-refractivity contribution in [1.82, 2.24) is 0 Å². The summed E-state index contributed by atoms with van der Waals surface area (Å²) in [4.78, 5) is 0. The van der Waals surface area contributed by atoms with Crippen molar-refractivity contribution in [3.05, 3.63) is 24.5 Å². The van der Waals surface area contributed by atoms with Gasteiger partial charge in [0.05, 0.1) is 0 Å². The molecule has 5 heteroatoms. The number of hydrogen-bond acceptors (Lipinski definition) is 3. The van der Waals surface area contributed by atoms with E-state index in [0.717, 1.165) is 19.1 Å². The van der Waals surface area contributed by atoms with Gasteiger partial charge in [-0.05, 0) is 18.9 Å². The quantitative estimate of drug-likeness (QED) is 0.294. The van der Waals surface area contributed by atoms with Crippen LogP contribution >= 0.6 is 0 Å². The highest BCUT2D eigenvalue weighted by molar-refractivity contribution is 7.81. The third kappa shape index (κ3) is 13.2. The number of rotatable bonds is 9. The molecule has 0 amide bonds. The number of unbranched alkanes of at least 4 members (excludes halogenated alkanes) is 5. The molecule has 0 aliphatic heterocycles.